The highest BCUT2D eigenvalue weighted by molar-refractivity contribution is 7.18. The maximum absolute atomic E-state index is 13.7. The quantitative estimate of drug-likeness (QED) is 0.722. The largest absolute Gasteiger partial charge is 0.327 e. The van der Waals surface area contributed by atoms with Crippen molar-refractivity contribution < 1.29 is 18.5 Å². The molecule has 3 aromatic rings. The minimum absolute atomic E-state index is 0.0144. The number of hydrogen-bond donors (Lipinski definition) is 2. The first-order chi connectivity index (χ1) is 13.1. The zero-order valence-corrected chi connectivity index (χ0v) is 15.5. The first-order valence-corrected chi connectivity index (χ1v) is 9.84. The third kappa shape index (κ3) is 4.14. The standard InChI is InChI=1S/C20H19F2N3OS/c21-14-7-8-16(15(22)10-14)23-19(26)12-25-9-3-4-13(11-25)20-24-17-5-1-2-6-18(17)27-20/h1-2,5-8,10,13H,3-4,9,11-12H2,(H,23,26)/p+1/t13-/m0/s1. The molecule has 27 heavy (non-hydrogen) atoms. The van der Waals surface area contributed by atoms with Gasteiger partial charge >= 0.3 is 0 Å². The fraction of sp³-hybridized carbons (Fsp3) is 0.300. The third-order valence-electron chi connectivity index (χ3n) is 4.89. The highest BCUT2D eigenvalue weighted by Crippen LogP contribution is 2.30. The summed E-state index contributed by atoms with van der Waals surface area (Å²) in [4.78, 5) is 18.2. The van der Waals surface area contributed by atoms with E-state index in [1.54, 1.807) is 11.3 Å². The first-order valence-electron chi connectivity index (χ1n) is 9.02. The second kappa shape index (κ2) is 7.70. The Morgan fingerprint density at radius 1 is 1.26 bits per heavy atom. The molecule has 0 saturated carbocycles. The Balaban J connectivity index is 1.40. The number of para-hydroxylation sites is 1. The fourth-order valence-electron chi connectivity index (χ4n) is 3.60. The van der Waals surface area contributed by atoms with Gasteiger partial charge in [0.05, 0.1) is 34.9 Å². The van der Waals surface area contributed by atoms with Gasteiger partial charge < -0.3 is 10.2 Å². The number of piperidine rings is 1. The highest BCUT2D eigenvalue weighted by atomic mass is 32.1. The molecule has 1 aliphatic rings. The number of benzene rings is 2. The van der Waals surface area contributed by atoms with Crippen LogP contribution in [0.4, 0.5) is 14.5 Å². The number of carbonyl (C=O) groups is 1. The van der Waals surface area contributed by atoms with Crippen molar-refractivity contribution in [2.45, 2.75) is 18.8 Å². The van der Waals surface area contributed by atoms with Crippen molar-refractivity contribution in [1.29, 1.82) is 0 Å². The van der Waals surface area contributed by atoms with Crippen LogP contribution in [0.3, 0.4) is 0 Å². The zero-order valence-electron chi connectivity index (χ0n) is 14.7. The van der Waals surface area contributed by atoms with E-state index in [9.17, 15) is 13.6 Å². The van der Waals surface area contributed by atoms with Crippen molar-refractivity contribution in [3.8, 4) is 0 Å². The monoisotopic (exact) mass is 388 g/mol. The van der Waals surface area contributed by atoms with Gasteiger partial charge in [-0.1, -0.05) is 12.1 Å². The predicted octanol–water partition coefficient (Wildman–Crippen LogP) is 2.98. The molecule has 2 heterocycles. The van der Waals surface area contributed by atoms with Gasteiger partial charge in [-0.05, 0) is 37.1 Å². The number of anilines is 1. The molecule has 4 nitrogen and oxygen atoms in total. The van der Waals surface area contributed by atoms with Crippen LogP contribution in [-0.4, -0.2) is 30.5 Å². The molecule has 2 N–H and O–H groups in total. The summed E-state index contributed by atoms with van der Waals surface area (Å²) in [6, 6.07) is 11.3. The van der Waals surface area contributed by atoms with Crippen molar-refractivity contribution >= 4 is 33.1 Å². The maximum atomic E-state index is 13.7. The minimum Gasteiger partial charge on any atom is -0.327 e. The van der Waals surface area contributed by atoms with E-state index in [0.717, 1.165) is 53.5 Å². The number of carbonyl (C=O) groups excluding carboxylic acids is 1. The van der Waals surface area contributed by atoms with E-state index < -0.39 is 11.6 Å². The fourth-order valence-corrected chi connectivity index (χ4v) is 4.70. The number of rotatable bonds is 4. The van der Waals surface area contributed by atoms with Gasteiger partial charge in [-0.15, -0.1) is 11.3 Å². The highest BCUT2D eigenvalue weighted by Gasteiger charge is 2.28. The molecular formula is C20H20F2N3OS+. The van der Waals surface area contributed by atoms with Crippen molar-refractivity contribution in [2.24, 2.45) is 0 Å². The average molecular weight is 388 g/mol. The summed E-state index contributed by atoms with van der Waals surface area (Å²) in [5.41, 5.74) is 1.04. The Morgan fingerprint density at radius 3 is 2.93 bits per heavy atom. The third-order valence-corrected chi connectivity index (χ3v) is 6.09. The molecule has 0 spiro atoms. The lowest BCUT2D eigenvalue weighted by molar-refractivity contribution is -0.898. The molecule has 2 atom stereocenters. The van der Waals surface area contributed by atoms with E-state index in [-0.39, 0.29) is 18.1 Å². The first kappa shape index (κ1) is 18.0. The number of halogens is 2. The van der Waals surface area contributed by atoms with Crippen molar-refractivity contribution in [2.75, 3.05) is 25.0 Å². The van der Waals surface area contributed by atoms with Crippen LogP contribution in [0.2, 0.25) is 0 Å². The topological polar surface area (TPSA) is 46.4 Å². The van der Waals surface area contributed by atoms with E-state index >= 15 is 0 Å². The Morgan fingerprint density at radius 2 is 2.11 bits per heavy atom. The zero-order chi connectivity index (χ0) is 18.8. The van der Waals surface area contributed by atoms with Crippen LogP contribution in [0.5, 0.6) is 0 Å². The van der Waals surface area contributed by atoms with Crippen LogP contribution in [0.15, 0.2) is 42.5 Å². The molecule has 4 rings (SSSR count). The molecule has 1 aromatic heterocycles. The minimum atomic E-state index is -0.760. The molecule has 1 saturated heterocycles. The summed E-state index contributed by atoms with van der Waals surface area (Å²) in [5, 5.41) is 3.67. The summed E-state index contributed by atoms with van der Waals surface area (Å²) in [6.07, 6.45) is 2.09. The molecule has 1 amide bonds. The molecular weight excluding hydrogens is 368 g/mol. The number of thiazole rings is 1. The Labute approximate surface area is 159 Å². The average Bonchev–Trinajstić information content (AvgIpc) is 3.08. The van der Waals surface area contributed by atoms with Crippen molar-refractivity contribution in [1.82, 2.24) is 4.98 Å². The van der Waals surface area contributed by atoms with Gasteiger partial charge in [0.1, 0.15) is 16.6 Å². The van der Waals surface area contributed by atoms with Crippen LogP contribution in [0.25, 0.3) is 10.2 Å². The van der Waals surface area contributed by atoms with E-state index in [2.05, 4.69) is 11.4 Å². The SMILES string of the molecule is O=C(C[NH+]1CCC[C@H](c2nc3ccccc3s2)C1)Nc1ccc(F)cc1F. The van der Waals surface area contributed by atoms with Gasteiger partial charge in [0.25, 0.3) is 5.91 Å². The van der Waals surface area contributed by atoms with Gasteiger partial charge in [0, 0.05) is 6.07 Å². The molecule has 0 bridgehead atoms. The van der Waals surface area contributed by atoms with Crippen LogP contribution < -0.4 is 10.2 Å². The summed E-state index contributed by atoms with van der Waals surface area (Å²) in [7, 11) is 0. The van der Waals surface area contributed by atoms with Crippen LogP contribution in [0.1, 0.15) is 23.8 Å². The second-order valence-corrected chi connectivity index (χ2v) is 7.97. The summed E-state index contributed by atoms with van der Waals surface area (Å²) in [5.74, 6) is -1.35. The van der Waals surface area contributed by atoms with Crippen molar-refractivity contribution in [3.63, 3.8) is 0 Å². The van der Waals surface area contributed by atoms with Gasteiger partial charge in [-0.3, -0.25) is 4.79 Å². The molecule has 2 aromatic carbocycles. The molecule has 1 aliphatic heterocycles. The number of hydrogen-bond acceptors (Lipinski definition) is 3. The van der Waals surface area contributed by atoms with Gasteiger partial charge in [-0.2, -0.15) is 0 Å². The number of nitrogens with one attached hydrogen (secondary N) is 2. The molecule has 1 unspecified atom stereocenters. The molecule has 140 valence electrons. The lowest BCUT2D eigenvalue weighted by Crippen LogP contribution is -3.14. The number of likely N-dealkylation sites (tertiary alicyclic amines) is 1. The van der Waals surface area contributed by atoms with Crippen LogP contribution >= 0.6 is 11.3 Å². The number of aromatic nitrogens is 1. The van der Waals surface area contributed by atoms with Crippen molar-refractivity contribution in [3.05, 3.63) is 59.1 Å². The number of nitrogens with zero attached hydrogens (tertiary/aromatic N) is 1. The van der Waals surface area contributed by atoms with Gasteiger partial charge in [-0.25, -0.2) is 13.8 Å². The van der Waals surface area contributed by atoms with Crippen LogP contribution in [-0.2, 0) is 4.79 Å². The Kier molecular flexibility index (Phi) is 5.13. The molecule has 0 radical (unpaired) electrons. The summed E-state index contributed by atoms with van der Waals surface area (Å²) in [6.45, 7) is 2.00. The molecule has 7 heteroatoms. The second-order valence-electron chi connectivity index (χ2n) is 6.91. The van der Waals surface area contributed by atoms with E-state index in [1.165, 1.54) is 10.8 Å². The molecule has 1 fully saturated rings. The van der Waals surface area contributed by atoms with Crippen LogP contribution in [0, 0.1) is 11.6 Å². The normalized spacial score (nSPS) is 19.9. The van der Waals surface area contributed by atoms with E-state index in [1.807, 2.05) is 18.2 Å². The number of fused-ring (bicyclic) bond motifs is 1. The summed E-state index contributed by atoms with van der Waals surface area (Å²) < 4.78 is 27.9. The lowest BCUT2D eigenvalue weighted by atomic mass is 9.99. The Hall–Kier alpha value is -2.38. The van der Waals surface area contributed by atoms with Gasteiger partial charge in [0.15, 0.2) is 6.54 Å². The van der Waals surface area contributed by atoms with Gasteiger partial charge in [0.2, 0.25) is 0 Å². The smallest absolute Gasteiger partial charge is 0.279 e. The van der Waals surface area contributed by atoms with E-state index in [4.69, 9.17) is 4.98 Å². The van der Waals surface area contributed by atoms with E-state index in [0.29, 0.717) is 5.92 Å². The molecule has 0 aliphatic carbocycles. The summed E-state index contributed by atoms with van der Waals surface area (Å²) >= 11 is 1.72. The number of quaternary nitrogens is 1. The lowest BCUT2D eigenvalue weighted by Gasteiger charge is -2.28. The predicted molar refractivity (Wildman–Crippen MR) is 102 cm³/mol. The number of amides is 1. The maximum Gasteiger partial charge on any atom is 0.279 e. The Bertz CT molecular complexity index is 942.